The van der Waals surface area contributed by atoms with E-state index >= 15 is 0 Å². The Kier molecular flexibility index (Phi) is 5.03. The van der Waals surface area contributed by atoms with Crippen molar-refractivity contribution in [2.45, 2.75) is 12.0 Å². The first-order chi connectivity index (χ1) is 13.2. The molecule has 3 heterocycles. The molecule has 5 nitrogen and oxygen atoms in total. The fourth-order valence-electron chi connectivity index (χ4n) is 3.55. The molecule has 6 heteroatoms. The molecule has 1 aliphatic heterocycles. The third kappa shape index (κ3) is 3.64. The van der Waals surface area contributed by atoms with Crippen LogP contribution in [-0.4, -0.2) is 34.1 Å². The van der Waals surface area contributed by atoms with Gasteiger partial charge in [0.15, 0.2) is 0 Å². The molecule has 0 radical (unpaired) electrons. The van der Waals surface area contributed by atoms with Crippen LogP contribution in [0.2, 0.25) is 5.02 Å². The first-order valence-corrected chi connectivity index (χ1v) is 9.10. The zero-order valence-corrected chi connectivity index (χ0v) is 15.3. The van der Waals surface area contributed by atoms with Crippen molar-refractivity contribution in [3.8, 4) is 0 Å². The summed E-state index contributed by atoms with van der Waals surface area (Å²) in [4.78, 5) is 22.8. The zero-order valence-electron chi connectivity index (χ0n) is 14.5. The molecule has 0 saturated carbocycles. The highest BCUT2D eigenvalue weighted by atomic mass is 35.5. The van der Waals surface area contributed by atoms with Crippen molar-refractivity contribution in [3.63, 3.8) is 0 Å². The Labute approximate surface area is 162 Å². The van der Waals surface area contributed by atoms with E-state index in [1.54, 1.807) is 17.3 Å². The third-order valence-electron chi connectivity index (χ3n) is 4.74. The van der Waals surface area contributed by atoms with E-state index in [0.717, 1.165) is 16.7 Å². The van der Waals surface area contributed by atoms with Crippen LogP contribution >= 0.6 is 11.6 Å². The van der Waals surface area contributed by atoms with Crippen LogP contribution in [0, 0.1) is 0 Å². The van der Waals surface area contributed by atoms with Gasteiger partial charge >= 0.3 is 6.09 Å². The predicted molar refractivity (Wildman–Crippen MR) is 103 cm³/mol. The third-order valence-corrected chi connectivity index (χ3v) is 4.99. The van der Waals surface area contributed by atoms with Crippen LogP contribution in [0.15, 0.2) is 73.3 Å². The van der Waals surface area contributed by atoms with Crippen LogP contribution in [0.3, 0.4) is 0 Å². The van der Waals surface area contributed by atoms with Crippen LogP contribution in [-0.2, 0) is 4.74 Å². The van der Waals surface area contributed by atoms with Gasteiger partial charge in [0.2, 0.25) is 0 Å². The Bertz CT molecular complexity index is 864. The largest absolute Gasteiger partial charge is 0.448 e. The van der Waals surface area contributed by atoms with Crippen molar-refractivity contribution in [2.24, 2.45) is 0 Å². The molecule has 2 aromatic heterocycles. The molecule has 1 aliphatic rings. The van der Waals surface area contributed by atoms with Crippen molar-refractivity contribution in [1.82, 2.24) is 14.9 Å². The summed E-state index contributed by atoms with van der Waals surface area (Å²) in [7, 11) is 0. The van der Waals surface area contributed by atoms with Gasteiger partial charge in [-0.1, -0.05) is 35.9 Å². The molecule has 1 atom stereocenters. The SMILES string of the molecule is O=C1OCCN1C(c1ccc(Cl)cc1)C(c1cccnc1)c1cccnc1. The highest BCUT2D eigenvalue weighted by Crippen LogP contribution is 2.41. The van der Waals surface area contributed by atoms with Gasteiger partial charge in [-0.15, -0.1) is 0 Å². The molecule has 3 aromatic rings. The number of carbonyl (C=O) groups excluding carboxylic acids is 1. The summed E-state index contributed by atoms with van der Waals surface area (Å²) < 4.78 is 5.24. The second-order valence-corrected chi connectivity index (χ2v) is 6.79. The second-order valence-electron chi connectivity index (χ2n) is 6.35. The molecule has 1 unspecified atom stereocenters. The molecule has 1 saturated heterocycles. The lowest BCUT2D eigenvalue weighted by molar-refractivity contribution is 0.144. The minimum absolute atomic E-state index is 0.140. The lowest BCUT2D eigenvalue weighted by Gasteiger charge is -2.34. The summed E-state index contributed by atoms with van der Waals surface area (Å²) in [5, 5.41) is 0.654. The van der Waals surface area contributed by atoms with Gasteiger partial charge in [0.25, 0.3) is 0 Å². The lowest BCUT2D eigenvalue weighted by Crippen LogP contribution is -2.34. The summed E-state index contributed by atoms with van der Waals surface area (Å²) in [5.41, 5.74) is 2.99. The van der Waals surface area contributed by atoms with E-state index in [0.29, 0.717) is 18.2 Å². The number of cyclic esters (lactones) is 1. The van der Waals surface area contributed by atoms with Crippen molar-refractivity contribution < 1.29 is 9.53 Å². The van der Waals surface area contributed by atoms with Gasteiger partial charge in [-0.25, -0.2) is 4.79 Å². The quantitative estimate of drug-likeness (QED) is 0.657. The summed E-state index contributed by atoms with van der Waals surface area (Å²) in [6, 6.07) is 15.2. The van der Waals surface area contributed by atoms with Crippen LogP contribution in [0.4, 0.5) is 4.79 Å². The number of benzene rings is 1. The maximum atomic E-state index is 12.5. The average molecular weight is 380 g/mol. The fourth-order valence-corrected chi connectivity index (χ4v) is 3.67. The molecule has 1 fully saturated rings. The molecule has 0 bridgehead atoms. The van der Waals surface area contributed by atoms with Crippen LogP contribution in [0.1, 0.15) is 28.7 Å². The van der Waals surface area contributed by atoms with E-state index in [1.165, 1.54) is 0 Å². The molecule has 1 amide bonds. The highest BCUT2D eigenvalue weighted by molar-refractivity contribution is 6.30. The zero-order chi connectivity index (χ0) is 18.6. The van der Waals surface area contributed by atoms with E-state index < -0.39 is 0 Å². The number of amides is 1. The van der Waals surface area contributed by atoms with Gasteiger partial charge in [0.1, 0.15) is 6.61 Å². The smallest absolute Gasteiger partial charge is 0.410 e. The van der Waals surface area contributed by atoms with Gasteiger partial charge in [0, 0.05) is 35.7 Å². The Balaban J connectivity index is 1.88. The molecule has 1 aromatic carbocycles. The van der Waals surface area contributed by atoms with Crippen molar-refractivity contribution in [2.75, 3.05) is 13.2 Å². The van der Waals surface area contributed by atoms with Crippen LogP contribution < -0.4 is 0 Å². The van der Waals surface area contributed by atoms with Gasteiger partial charge in [-0.3, -0.25) is 14.9 Å². The summed E-state index contributed by atoms with van der Waals surface area (Å²) in [6.07, 6.45) is 6.84. The topological polar surface area (TPSA) is 55.3 Å². The van der Waals surface area contributed by atoms with Gasteiger partial charge in [-0.05, 0) is 41.0 Å². The minimum atomic E-state index is -0.312. The van der Waals surface area contributed by atoms with Crippen LogP contribution in [0.5, 0.6) is 0 Å². The molecule has 0 spiro atoms. The second kappa shape index (κ2) is 7.76. The van der Waals surface area contributed by atoms with Crippen LogP contribution in [0.25, 0.3) is 0 Å². The number of ether oxygens (including phenoxy) is 1. The van der Waals surface area contributed by atoms with Crippen molar-refractivity contribution >= 4 is 17.7 Å². The Morgan fingerprint density at radius 2 is 1.56 bits per heavy atom. The number of rotatable bonds is 5. The van der Waals surface area contributed by atoms with Gasteiger partial charge < -0.3 is 4.74 Å². The molecule has 27 heavy (non-hydrogen) atoms. The number of halogens is 1. The van der Waals surface area contributed by atoms with Gasteiger partial charge in [0.05, 0.1) is 12.6 Å². The first kappa shape index (κ1) is 17.5. The standard InChI is InChI=1S/C21H18ClN3O2/c22-18-7-5-15(6-8-18)20(25-11-12-27-21(25)26)19(16-3-1-9-23-13-16)17-4-2-10-24-14-17/h1-10,13-14,19-20H,11-12H2. The molecular formula is C21H18ClN3O2. The maximum Gasteiger partial charge on any atom is 0.410 e. The Morgan fingerprint density at radius 1 is 0.926 bits per heavy atom. The average Bonchev–Trinajstić information content (AvgIpc) is 3.14. The highest BCUT2D eigenvalue weighted by Gasteiger charge is 2.37. The van der Waals surface area contributed by atoms with E-state index in [4.69, 9.17) is 16.3 Å². The lowest BCUT2D eigenvalue weighted by atomic mass is 9.82. The summed E-state index contributed by atoms with van der Waals surface area (Å²) in [6.45, 7) is 0.916. The fraction of sp³-hybridized carbons (Fsp3) is 0.190. The Morgan fingerprint density at radius 3 is 2.04 bits per heavy atom. The van der Waals surface area contributed by atoms with E-state index in [1.807, 2.05) is 60.9 Å². The number of nitrogens with zero attached hydrogens (tertiary/aromatic N) is 3. The van der Waals surface area contributed by atoms with E-state index in [2.05, 4.69) is 9.97 Å². The monoisotopic (exact) mass is 379 g/mol. The normalized spacial score (nSPS) is 15.0. The van der Waals surface area contributed by atoms with E-state index in [9.17, 15) is 4.79 Å². The van der Waals surface area contributed by atoms with Crippen molar-refractivity contribution in [1.29, 1.82) is 0 Å². The number of carbonyl (C=O) groups is 1. The van der Waals surface area contributed by atoms with E-state index in [-0.39, 0.29) is 18.1 Å². The summed E-state index contributed by atoms with van der Waals surface area (Å²) in [5.74, 6) is -0.140. The van der Waals surface area contributed by atoms with Gasteiger partial charge in [-0.2, -0.15) is 0 Å². The number of hydrogen-bond acceptors (Lipinski definition) is 4. The molecule has 136 valence electrons. The summed E-state index contributed by atoms with van der Waals surface area (Å²) >= 11 is 6.09. The first-order valence-electron chi connectivity index (χ1n) is 8.73. The number of aromatic nitrogens is 2. The molecule has 0 aliphatic carbocycles. The molecule has 0 N–H and O–H groups in total. The number of hydrogen-bond donors (Lipinski definition) is 0. The Hall–Kier alpha value is -2.92. The minimum Gasteiger partial charge on any atom is -0.448 e. The molecular weight excluding hydrogens is 362 g/mol. The number of pyridine rings is 2. The maximum absolute atomic E-state index is 12.5. The molecule has 4 rings (SSSR count). The predicted octanol–water partition coefficient (Wildman–Crippen LogP) is 4.46. The van der Waals surface area contributed by atoms with Crippen molar-refractivity contribution in [3.05, 3.63) is 95.0 Å².